The van der Waals surface area contributed by atoms with Crippen LogP contribution in [0.3, 0.4) is 0 Å². The van der Waals surface area contributed by atoms with E-state index in [1.165, 1.54) is 7.11 Å². The van der Waals surface area contributed by atoms with Crippen molar-refractivity contribution in [3.63, 3.8) is 0 Å². The number of halogens is 1. The van der Waals surface area contributed by atoms with Gasteiger partial charge in [-0.15, -0.1) is 0 Å². The van der Waals surface area contributed by atoms with Crippen LogP contribution in [0.1, 0.15) is 30.1 Å². The van der Waals surface area contributed by atoms with Crippen LogP contribution in [0.15, 0.2) is 65.2 Å². The summed E-state index contributed by atoms with van der Waals surface area (Å²) in [4.78, 5) is 12.7. The van der Waals surface area contributed by atoms with Gasteiger partial charge in [0.05, 0.1) is 13.2 Å². The first kappa shape index (κ1) is 19.2. The summed E-state index contributed by atoms with van der Waals surface area (Å²) in [6, 6.07) is 15.9. The molecule has 0 N–H and O–H groups in total. The van der Waals surface area contributed by atoms with E-state index in [1.807, 2.05) is 54.6 Å². The Morgan fingerprint density at radius 2 is 1.89 bits per heavy atom. The highest BCUT2D eigenvalue weighted by molar-refractivity contribution is 9.10. The maximum Gasteiger partial charge on any atom is 0.320 e. The molecule has 2 aliphatic rings. The van der Waals surface area contributed by atoms with Crippen LogP contribution in [-0.2, 0) is 14.3 Å². The molecule has 4 nitrogen and oxygen atoms in total. The number of carbonyl (C=O) groups is 1. The van der Waals surface area contributed by atoms with Crippen molar-refractivity contribution in [1.29, 1.82) is 0 Å². The molecule has 1 aliphatic heterocycles. The van der Waals surface area contributed by atoms with E-state index >= 15 is 0 Å². The van der Waals surface area contributed by atoms with Crippen LogP contribution in [-0.4, -0.2) is 26.3 Å². The van der Waals surface area contributed by atoms with Crippen LogP contribution in [0, 0.1) is 11.3 Å². The maximum absolute atomic E-state index is 12.7. The highest BCUT2D eigenvalue weighted by Gasteiger charge is 2.75. The predicted molar refractivity (Wildman–Crippen MR) is 110 cm³/mol. The zero-order valence-corrected chi connectivity index (χ0v) is 17.7. The standard InChI is InChI=1S/C23H23BrO4/c1-14(20(26-2)15-8-4-6-10-17(15)24)12-13-23(22(25)27-3)19-16-9-5-7-11-18(16)28-21(19)23/h4-14,19-21H,1-3H3/b13-12+/t14-,19-,20+,21+,23+/m1/s1. The lowest BCUT2D eigenvalue weighted by Crippen LogP contribution is -2.24. The first-order valence-electron chi connectivity index (χ1n) is 9.35. The minimum atomic E-state index is -0.760. The SMILES string of the molecule is COC(=O)[C@@]1(/C=C/[C@@H](C)[C@H](OC)c2ccccc2Br)[C@@H]2c3ccccc3O[C@@H]21. The Labute approximate surface area is 173 Å². The molecule has 0 aromatic heterocycles. The number of para-hydroxylation sites is 1. The molecule has 28 heavy (non-hydrogen) atoms. The molecule has 5 atom stereocenters. The van der Waals surface area contributed by atoms with E-state index in [0.717, 1.165) is 21.3 Å². The fraction of sp³-hybridized carbons (Fsp3) is 0.348. The summed E-state index contributed by atoms with van der Waals surface area (Å²) in [5, 5.41) is 0. The number of benzene rings is 2. The molecule has 0 spiro atoms. The lowest BCUT2D eigenvalue weighted by Gasteiger charge is -2.23. The Morgan fingerprint density at radius 3 is 2.61 bits per heavy atom. The lowest BCUT2D eigenvalue weighted by atomic mass is 9.92. The van der Waals surface area contributed by atoms with Gasteiger partial charge in [0, 0.05) is 29.0 Å². The second kappa shape index (κ2) is 7.37. The third kappa shape index (κ3) is 2.88. The Morgan fingerprint density at radius 1 is 1.18 bits per heavy atom. The number of esters is 1. The lowest BCUT2D eigenvalue weighted by molar-refractivity contribution is -0.146. The molecule has 0 unspecified atom stereocenters. The molecule has 1 heterocycles. The van der Waals surface area contributed by atoms with Gasteiger partial charge in [0.15, 0.2) is 0 Å². The summed E-state index contributed by atoms with van der Waals surface area (Å²) < 4.78 is 18.0. The van der Waals surface area contributed by atoms with Crippen molar-refractivity contribution in [3.8, 4) is 5.75 Å². The Kier molecular flexibility index (Phi) is 5.06. The fourth-order valence-corrected chi connectivity index (χ4v) is 4.88. The third-order valence-electron chi connectivity index (χ3n) is 5.84. The van der Waals surface area contributed by atoms with Crippen LogP contribution < -0.4 is 4.74 Å². The molecule has 2 aromatic rings. The van der Waals surface area contributed by atoms with Crippen LogP contribution in [0.25, 0.3) is 0 Å². The van der Waals surface area contributed by atoms with Gasteiger partial charge in [0.1, 0.15) is 17.3 Å². The van der Waals surface area contributed by atoms with Gasteiger partial charge >= 0.3 is 5.97 Å². The molecular formula is C23H23BrO4. The summed E-state index contributed by atoms with van der Waals surface area (Å²) in [7, 11) is 3.13. The van der Waals surface area contributed by atoms with Crippen LogP contribution in [0.2, 0.25) is 0 Å². The Hall–Kier alpha value is -2.11. The van der Waals surface area contributed by atoms with Crippen molar-refractivity contribution in [3.05, 3.63) is 76.3 Å². The maximum atomic E-state index is 12.7. The van der Waals surface area contributed by atoms with E-state index in [1.54, 1.807) is 7.11 Å². The normalized spacial score (nSPS) is 26.9. The van der Waals surface area contributed by atoms with Crippen LogP contribution in [0.4, 0.5) is 0 Å². The molecule has 5 heteroatoms. The molecule has 0 amide bonds. The number of ether oxygens (including phenoxy) is 3. The molecular weight excluding hydrogens is 420 g/mol. The average molecular weight is 443 g/mol. The first-order chi connectivity index (χ1) is 13.5. The summed E-state index contributed by atoms with van der Waals surface area (Å²) in [6.07, 6.45) is 3.69. The molecule has 4 rings (SSSR count). The zero-order valence-electron chi connectivity index (χ0n) is 16.1. The van der Waals surface area contributed by atoms with E-state index in [9.17, 15) is 4.79 Å². The van der Waals surface area contributed by atoms with Gasteiger partial charge in [-0.25, -0.2) is 0 Å². The van der Waals surface area contributed by atoms with Crippen LogP contribution >= 0.6 is 15.9 Å². The topological polar surface area (TPSA) is 44.8 Å². The number of carbonyl (C=O) groups excluding carboxylic acids is 1. The van der Waals surface area contributed by atoms with Gasteiger partial charge in [-0.05, 0) is 17.7 Å². The number of rotatable bonds is 6. The van der Waals surface area contributed by atoms with Gasteiger partial charge in [-0.2, -0.15) is 0 Å². The van der Waals surface area contributed by atoms with Gasteiger partial charge in [0.2, 0.25) is 0 Å². The molecule has 1 aliphatic carbocycles. The second-order valence-corrected chi connectivity index (χ2v) is 8.23. The number of hydrogen-bond acceptors (Lipinski definition) is 4. The van der Waals surface area contributed by atoms with Crippen molar-refractivity contribution in [1.82, 2.24) is 0 Å². The van der Waals surface area contributed by atoms with Gasteiger partial charge in [0.25, 0.3) is 0 Å². The number of fused-ring (bicyclic) bond motifs is 3. The Bertz CT molecular complexity index is 924. The van der Waals surface area contributed by atoms with Gasteiger partial charge < -0.3 is 14.2 Å². The highest BCUT2D eigenvalue weighted by Crippen LogP contribution is 2.68. The average Bonchev–Trinajstić information content (AvgIpc) is 3.17. The molecule has 0 saturated heterocycles. The smallest absolute Gasteiger partial charge is 0.320 e. The van der Waals surface area contributed by atoms with Crippen molar-refractivity contribution in [2.75, 3.05) is 14.2 Å². The van der Waals surface area contributed by atoms with E-state index in [-0.39, 0.29) is 30.0 Å². The Balaban J connectivity index is 1.62. The summed E-state index contributed by atoms with van der Waals surface area (Å²) in [6.45, 7) is 2.09. The van der Waals surface area contributed by atoms with E-state index in [0.29, 0.717) is 0 Å². The molecule has 0 radical (unpaired) electrons. The first-order valence-corrected chi connectivity index (χ1v) is 10.1. The van der Waals surface area contributed by atoms with E-state index in [2.05, 4.69) is 28.9 Å². The van der Waals surface area contributed by atoms with Crippen molar-refractivity contribution >= 4 is 21.9 Å². The largest absolute Gasteiger partial charge is 0.488 e. The quantitative estimate of drug-likeness (QED) is 0.463. The monoisotopic (exact) mass is 442 g/mol. The minimum absolute atomic E-state index is 0.00376. The zero-order chi connectivity index (χ0) is 19.9. The fourth-order valence-electron chi connectivity index (χ4n) is 4.37. The van der Waals surface area contributed by atoms with E-state index < -0.39 is 5.41 Å². The summed E-state index contributed by atoms with van der Waals surface area (Å²) in [5.74, 6) is 0.669. The second-order valence-electron chi connectivity index (χ2n) is 7.37. The number of hydrogen-bond donors (Lipinski definition) is 0. The van der Waals surface area contributed by atoms with Crippen molar-refractivity contribution in [2.45, 2.75) is 25.0 Å². The third-order valence-corrected chi connectivity index (χ3v) is 6.57. The van der Waals surface area contributed by atoms with Crippen molar-refractivity contribution in [2.24, 2.45) is 11.3 Å². The van der Waals surface area contributed by atoms with E-state index in [4.69, 9.17) is 14.2 Å². The highest BCUT2D eigenvalue weighted by atomic mass is 79.9. The molecule has 1 saturated carbocycles. The van der Waals surface area contributed by atoms with Crippen LogP contribution in [0.5, 0.6) is 5.75 Å². The van der Waals surface area contributed by atoms with Crippen molar-refractivity contribution < 1.29 is 19.0 Å². The molecule has 0 bridgehead atoms. The van der Waals surface area contributed by atoms with Gasteiger partial charge in [-0.3, -0.25) is 4.79 Å². The summed E-state index contributed by atoms with van der Waals surface area (Å²) >= 11 is 3.60. The molecule has 146 valence electrons. The minimum Gasteiger partial charge on any atom is -0.488 e. The molecule has 1 fully saturated rings. The summed E-state index contributed by atoms with van der Waals surface area (Å²) in [5.41, 5.74) is 1.39. The number of methoxy groups -OCH3 is 2. The molecule has 2 aromatic carbocycles. The predicted octanol–water partition coefficient (Wildman–Crippen LogP) is 5.05. The van der Waals surface area contributed by atoms with Gasteiger partial charge in [-0.1, -0.05) is 71.4 Å².